The first-order chi connectivity index (χ1) is 7.65. The van der Waals surface area contributed by atoms with Crippen LogP contribution in [0.2, 0.25) is 5.02 Å². The van der Waals surface area contributed by atoms with Gasteiger partial charge in [-0.1, -0.05) is 18.0 Å². The zero-order valence-electron chi connectivity index (χ0n) is 9.10. The summed E-state index contributed by atoms with van der Waals surface area (Å²) in [5, 5.41) is 3.65. The number of benzene rings is 1. The summed E-state index contributed by atoms with van der Waals surface area (Å²) >= 11 is 5.82. The van der Waals surface area contributed by atoms with Crippen molar-refractivity contribution in [3.05, 3.63) is 29.0 Å². The highest BCUT2D eigenvalue weighted by Crippen LogP contribution is 2.40. The number of nitrogens with two attached hydrogens (primary N) is 1. The molecule has 1 saturated carbocycles. The van der Waals surface area contributed by atoms with Crippen LogP contribution >= 0.6 is 11.6 Å². The maximum absolute atomic E-state index is 13.4. The molecule has 1 aromatic rings. The maximum Gasteiger partial charge on any atom is 0.146 e. The van der Waals surface area contributed by atoms with Crippen molar-refractivity contribution in [2.24, 2.45) is 11.1 Å². The molecule has 0 atom stereocenters. The van der Waals surface area contributed by atoms with Crippen LogP contribution in [-0.2, 0) is 0 Å². The Bertz CT molecular complexity index is 372. The van der Waals surface area contributed by atoms with Crippen LogP contribution in [-0.4, -0.2) is 13.1 Å². The summed E-state index contributed by atoms with van der Waals surface area (Å²) in [4.78, 5) is 0. The standard InChI is InChI=1S/C12H16ClFN2/c13-9-2-3-10(14)11(6-9)16-8-12(7-15)4-1-5-12/h2-3,6,16H,1,4-5,7-8,15H2. The van der Waals surface area contributed by atoms with E-state index >= 15 is 0 Å². The van der Waals surface area contributed by atoms with Crippen molar-refractivity contribution in [1.29, 1.82) is 0 Å². The zero-order valence-corrected chi connectivity index (χ0v) is 9.86. The normalized spacial score (nSPS) is 17.9. The molecule has 1 fully saturated rings. The average molecular weight is 243 g/mol. The zero-order chi connectivity index (χ0) is 11.6. The Balaban J connectivity index is 2.01. The molecule has 0 bridgehead atoms. The smallest absolute Gasteiger partial charge is 0.146 e. The molecule has 0 aliphatic heterocycles. The van der Waals surface area contributed by atoms with Gasteiger partial charge in [-0.3, -0.25) is 0 Å². The van der Waals surface area contributed by atoms with Gasteiger partial charge in [-0.2, -0.15) is 0 Å². The van der Waals surface area contributed by atoms with Crippen molar-refractivity contribution in [1.82, 2.24) is 0 Å². The lowest BCUT2D eigenvalue weighted by Crippen LogP contribution is -2.43. The third kappa shape index (κ3) is 2.30. The fourth-order valence-electron chi connectivity index (χ4n) is 2.05. The highest BCUT2D eigenvalue weighted by molar-refractivity contribution is 6.30. The van der Waals surface area contributed by atoms with Crippen LogP contribution in [0.5, 0.6) is 0 Å². The minimum Gasteiger partial charge on any atom is -0.382 e. The van der Waals surface area contributed by atoms with E-state index in [1.807, 2.05) is 0 Å². The van der Waals surface area contributed by atoms with Gasteiger partial charge in [0.05, 0.1) is 5.69 Å². The lowest BCUT2D eigenvalue weighted by atomic mass is 9.69. The molecule has 16 heavy (non-hydrogen) atoms. The van der Waals surface area contributed by atoms with E-state index in [4.69, 9.17) is 17.3 Å². The van der Waals surface area contributed by atoms with Gasteiger partial charge in [-0.15, -0.1) is 0 Å². The number of rotatable bonds is 4. The highest BCUT2D eigenvalue weighted by atomic mass is 35.5. The van der Waals surface area contributed by atoms with Gasteiger partial charge in [-0.05, 0) is 43.0 Å². The molecule has 0 amide bonds. The highest BCUT2D eigenvalue weighted by Gasteiger charge is 2.35. The van der Waals surface area contributed by atoms with E-state index in [2.05, 4.69) is 5.32 Å². The first kappa shape index (κ1) is 11.7. The second kappa shape index (κ2) is 4.60. The number of anilines is 1. The Labute approximate surface area is 100.0 Å². The number of hydrogen-bond donors (Lipinski definition) is 2. The van der Waals surface area contributed by atoms with Crippen molar-refractivity contribution in [2.45, 2.75) is 19.3 Å². The van der Waals surface area contributed by atoms with Gasteiger partial charge in [0, 0.05) is 11.6 Å². The largest absolute Gasteiger partial charge is 0.382 e. The molecule has 1 aliphatic rings. The average Bonchev–Trinajstić information content (AvgIpc) is 2.22. The van der Waals surface area contributed by atoms with E-state index in [0.29, 0.717) is 17.3 Å². The van der Waals surface area contributed by atoms with Crippen LogP contribution in [0.4, 0.5) is 10.1 Å². The Morgan fingerprint density at radius 2 is 2.19 bits per heavy atom. The lowest BCUT2D eigenvalue weighted by molar-refractivity contribution is 0.163. The summed E-state index contributed by atoms with van der Waals surface area (Å²) in [5.41, 5.74) is 6.37. The molecule has 1 aliphatic carbocycles. The fraction of sp³-hybridized carbons (Fsp3) is 0.500. The summed E-state index contributed by atoms with van der Waals surface area (Å²) in [5.74, 6) is -0.268. The molecule has 4 heteroatoms. The Kier molecular flexibility index (Phi) is 3.36. The predicted octanol–water partition coefficient (Wildman–Crippen LogP) is 3.02. The van der Waals surface area contributed by atoms with E-state index in [1.165, 1.54) is 12.5 Å². The van der Waals surface area contributed by atoms with Crippen molar-refractivity contribution in [3.63, 3.8) is 0 Å². The topological polar surface area (TPSA) is 38.0 Å². The van der Waals surface area contributed by atoms with Crippen molar-refractivity contribution < 1.29 is 4.39 Å². The summed E-state index contributed by atoms with van der Waals surface area (Å²) in [6.07, 6.45) is 3.47. The minimum atomic E-state index is -0.268. The summed E-state index contributed by atoms with van der Waals surface area (Å²) in [7, 11) is 0. The minimum absolute atomic E-state index is 0.161. The van der Waals surface area contributed by atoms with Crippen molar-refractivity contribution in [2.75, 3.05) is 18.4 Å². The van der Waals surface area contributed by atoms with Crippen molar-refractivity contribution in [3.8, 4) is 0 Å². The van der Waals surface area contributed by atoms with Crippen LogP contribution in [0, 0.1) is 11.2 Å². The number of nitrogens with one attached hydrogen (secondary N) is 1. The van der Waals surface area contributed by atoms with E-state index in [0.717, 1.165) is 19.4 Å². The van der Waals surface area contributed by atoms with E-state index in [-0.39, 0.29) is 11.2 Å². The van der Waals surface area contributed by atoms with E-state index in [9.17, 15) is 4.39 Å². The van der Waals surface area contributed by atoms with Gasteiger partial charge in [0.15, 0.2) is 0 Å². The van der Waals surface area contributed by atoms with Gasteiger partial charge in [0.1, 0.15) is 5.82 Å². The van der Waals surface area contributed by atoms with Gasteiger partial charge in [-0.25, -0.2) is 4.39 Å². The summed E-state index contributed by atoms with van der Waals surface area (Å²) in [6, 6.07) is 4.53. The number of halogens is 2. The van der Waals surface area contributed by atoms with Gasteiger partial charge >= 0.3 is 0 Å². The molecule has 0 saturated heterocycles. The van der Waals surface area contributed by atoms with Gasteiger partial charge in [0.2, 0.25) is 0 Å². The van der Waals surface area contributed by atoms with Crippen LogP contribution in [0.15, 0.2) is 18.2 Å². The third-order valence-electron chi connectivity index (χ3n) is 3.43. The molecular weight excluding hydrogens is 227 g/mol. The molecule has 0 heterocycles. The lowest BCUT2D eigenvalue weighted by Gasteiger charge is -2.41. The molecule has 1 aromatic carbocycles. The molecular formula is C12H16ClFN2. The van der Waals surface area contributed by atoms with Gasteiger partial charge < -0.3 is 11.1 Å². The Hall–Kier alpha value is -0.800. The first-order valence-electron chi connectivity index (χ1n) is 5.54. The van der Waals surface area contributed by atoms with Gasteiger partial charge in [0.25, 0.3) is 0 Å². The molecule has 88 valence electrons. The summed E-state index contributed by atoms with van der Waals surface area (Å²) < 4.78 is 13.4. The quantitative estimate of drug-likeness (QED) is 0.852. The molecule has 0 spiro atoms. The molecule has 0 unspecified atom stereocenters. The molecule has 0 aromatic heterocycles. The first-order valence-corrected chi connectivity index (χ1v) is 5.92. The molecule has 2 rings (SSSR count). The monoisotopic (exact) mass is 242 g/mol. The maximum atomic E-state index is 13.4. The Morgan fingerprint density at radius 1 is 1.44 bits per heavy atom. The molecule has 0 radical (unpaired) electrons. The van der Waals surface area contributed by atoms with Crippen LogP contribution < -0.4 is 11.1 Å². The molecule has 2 nitrogen and oxygen atoms in total. The predicted molar refractivity (Wildman–Crippen MR) is 65.2 cm³/mol. The van der Waals surface area contributed by atoms with Crippen molar-refractivity contribution >= 4 is 17.3 Å². The van der Waals surface area contributed by atoms with Crippen LogP contribution in [0.25, 0.3) is 0 Å². The second-order valence-electron chi connectivity index (χ2n) is 4.54. The van der Waals surface area contributed by atoms with Crippen LogP contribution in [0.1, 0.15) is 19.3 Å². The SMILES string of the molecule is NCC1(CNc2cc(Cl)ccc2F)CCC1. The number of hydrogen-bond acceptors (Lipinski definition) is 2. The second-order valence-corrected chi connectivity index (χ2v) is 4.97. The Morgan fingerprint density at radius 3 is 2.75 bits per heavy atom. The third-order valence-corrected chi connectivity index (χ3v) is 3.66. The fourth-order valence-corrected chi connectivity index (χ4v) is 2.22. The summed E-state index contributed by atoms with van der Waals surface area (Å²) in [6.45, 7) is 1.38. The molecule has 3 N–H and O–H groups in total. The van der Waals surface area contributed by atoms with Crippen LogP contribution in [0.3, 0.4) is 0 Å². The van der Waals surface area contributed by atoms with E-state index < -0.39 is 0 Å². The van der Waals surface area contributed by atoms with E-state index in [1.54, 1.807) is 12.1 Å².